The molecular formula is C28H27NO6. The lowest BCUT2D eigenvalue weighted by atomic mass is 10.1. The molecule has 7 heteroatoms. The van der Waals surface area contributed by atoms with Gasteiger partial charge in [-0.25, -0.2) is 9.78 Å². The summed E-state index contributed by atoms with van der Waals surface area (Å²) in [6.45, 7) is 5.29. The molecule has 3 aromatic carbocycles. The summed E-state index contributed by atoms with van der Waals surface area (Å²) >= 11 is 0. The highest BCUT2D eigenvalue weighted by molar-refractivity contribution is 5.76. The van der Waals surface area contributed by atoms with E-state index in [1.54, 1.807) is 24.3 Å². The number of hydrogen-bond donors (Lipinski definition) is 1. The maximum atomic E-state index is 11.2. The Hall–Kier alpha value is -4.26. The highest BCUT2D eigenvalue weighted by Crippen LogP contribution is 2.28. The van der Waals surface area contributed by atoms with Crippen LogP contribution in [0.15, 0.2) is 83.3 Å². The topological polar surface area (TPSA) is 91.0 Å². The van der Waals surface area contributed by atoms with E-state index < -0.39 is 11.6 Å². The first-order valence-electron chi connectivity index (χ1n) is 11.2. The number of para-hydroxylation sites is 1. The van der Waals surface area contributed by atoms with Gasteiger partial charge in [0.1, 0.15) is 28.8 Å². The quantitative estimate of drug-likeness (QED) is 0.289. The number of carboxylic acid groups (broad SMARTS) is 1. The Morgan fingerprint density at radius 2 is 1.60 bits per heavy atom. The monoisotopic (exact) mass is 473 g/mol. The Balaban J connectivity index is 1.35. The molecule has 35 heavy (non-hydrogen) atoms. The molecular weight excluding hydrogens is 446 g/mol. The smallest absolute Gasteiger partial charge is 0.347 e. The van der Waals surface area contributed by atoms with E-state index >= 15 is 0 Å². The van der Waals surface area contributed by atoms with Crippen molar-refractivity contribution in [3.8, 4) is 34.5 Å². The number of benzene rings is 3. The van der Waals surface area contributed by atoms with Crippen LogP contribution in [0.5, 0.6) is 23.0 Å². The largest absolute Gasteiger partial charge is 0.493 e. The van der Waals surface area contributed by atoms with E-state index in [0.29, 0.717) is 36.2 Å². The molecule has 0 radical (unpaired) electrons. The Morgan fingerprint density at radius 3 is 2.31 bits per heavy atom. The van der Waals surface area contributed by atoms with Gasteiger partial charge in [0.25, 0.3) is 0 Å². The summed E-state index contributed by atoms with van der Waals surface area (Å²) in [7, 11) is 0. The number of rotatable bonds is 10. The molecule has 0 aliphatic heterocycles. The summed E-state index contributed by atoms with van der Waals surface area (Å²) in [5.41, 5.74) is 0.337. The summed E-state index contributed by atoms with van der Waals surface area (Å²) in [6, 6.07) is 24.1. The van der Waals surface area contributed by atoms with Gasteiger partial charge in [0, 0.05) is 12.0 Å². The van der Waals surface area contributed by atoms with Gasteiger partial charge in [-0.1, -0.05) is 24.3 Å². The summed E-state index contributed by atoms with van der Waals surface area (Å²) in [5.74, 6) is 2.80. The van der Waals surface area contributed by atoms with Crippen LogP contribution in [0.1, 0.15) is 25.3 Å². The molecule has 0 aliphatic carbocycles. The number of aromatic nitrogens is 1. The number of nitrogens with zero attached hydrogens (tertiary/aromatic N) is 1. The van der Waals surface area contributed by atoms with E-state index in [1.165, 1.54) is 13.8 Å². The van der Waals surface area contributed by atoms with Crippen LogP contribution in [0.3, 0.4) is 0 Å². The molecule has 1 N–H and O–H groups in total. The zero-order valence-electron chi connectivity index (χ0n) is 19.9. The number of carbonyl (C=O) groups is 1. The number of oxazole rings is 1. The Morgan fingerprint density at radius 1 is 0.914 bits per heavy atom. The highest BCUT2D eigenvalue weighted by atomic mass is 16.5. The molecule has 0 unspecified atom stereocenters. The van der Waals surface area contributed by atoms with Crippen molar-refractivity contribution in [2.75, 3.05) is 6.61 Å². The van der Waals surface area contributed by atoms with Crippen molar-refractivity contribution in [1.82, 2.24) is 4.98 Å². The first-order chi connectivity index (χ1) is 16.8. The van der Waals surface area contributed by atoms with Gasteiger partial charge < -0.3 is 23.7 Å². The molecule has 0 amide bonds. The molecule has 0 spiro atoms. The Labute approximate surface area is 203 Å². The lowest BCUT2D eigenvalue weighted by Crippen LogP contribution is -2.37. The van der Waals surface area contributed by atoms with Crippen LogP contribution in [0.2, 0.25) is 0 Å². The average molecular weight is 474 g/mol. The predicted octanol–water partition coefficient (Wildman–Crippen LogP) is 6.31. The second-order valence-corrected chi connectivity index (χ2v) is 8.45. The van der Waals surface area contributed by atoms with Crippen molar-refractivity contribution in [3.63, 3.8) is 0 Å². The highest BCUT2D eigenvalue weighted by Gasteiger charge is 2.29. The number of ether oxygens (including phenoxy) is 3. The number of carboxylic acids is 1. The van der Waals surface area contributed by atoms with Crippen LogP contribution in [0, 0.1) is 6.92 Å². The van der Waals surface area contributed by atoms with E-state index in [2.05, 4.69) is 4.98 Å². The summed E-state index contributed by atoms with van der Waals surface area (Å²) in [4.78, 5) is 15.9. The third-order valence-corrected chi connectivity index (χ3v) is 5.27. The fraction of sp³-hybridized carbons (Fsp3) is 0.214. The zero-order chi connectivity index (χ0) is 24.8. The van der Waals surface area contributed by atoms with Crippen molar-refractivity contribution in [2.45, 2.75) is 32.8 Å². The van der Waals surface area contributed by atoms with E-state index in [9.17, 15) is 9.90 Å². The van der Waals surface area contributed by atoms with Crippen LogP contribution in [-0.2, 0) is 11.2 Å². The standard InChI is InChI=1S/C28H27NO6/c1-19-25(16-17-32-21-12-14-23(15-13-21)35-28(2,3)27(30)31)29-26(33-19)20-8-7-11-24(18-20)34-22-9-5-4-6-10-22/h4-15,18H,16-17H2,1-3H3,(H,30,31). The van der Waals surface area contributed by atoms with Crippen LogP contribution >= 0.6 is 0 Å². The third-order valence-electron chi connectivity index (χ3n) is 5.27. The normalized spacial score (nSPS) is 11.2. The molecule has 4 rings (SSSR count). The molecule has 180 valence electrons. The third kappa shape index (κ3) is 6.20. The molecule has 1 aromatic heterocycles. The van der Waals surface area contributed by atoms with Crippen LogP contribution in [0.4, 0.5) is 0 Å². The van der Waals surface area contributed by atoms with Crippen molar-refractivity contribution < 1.29 is 28.5 Å². The van der Waals surface area contributed by atoms with Gasteiger partial charge in [0.15, 0.2) is 5.60 Å². The summed E-state index contributed by atoms with van der Waals surface area (Å²) in [6.07, 6.45) is 0.569. The molecule has 1 heterocycles. The van der Waals surface area contributed by atoms with Gasteiger partial charge in [-0.05, 0) is 75.4 Å². The van der Waals surface area contributed by atoms with Gasteiger partial charge in [-0.2, -0.15) is 0 Å². The zero-order valence-corrected chi connectivity index (χ0v) is 19.9. The lowest BCUT2D eigenvalue weighted by Gasteiger charge is -2.21. The van der Waals surface area contributed by atoms with Gasteiger partial charge >= 0.3 is 5.97 Å². The molecule has 0 saturated heterocycles. The van der Waals surface area contributed by atoms with Crippen LogP contribution in [0.25, 0.3) is 11.5 Å². The first kappa shape index (κ1) is 23.9. The lowest BCUT2D eigenvalue weighted by molar-refractivity contribution is -0.152. The van der Waals surface area contributed by atoms with E-state index in [1.807, 2.05) is 61.5 Å². The molecule has 0 saturated carbocycles. The second kappa shape index (κ2) is 10.3. The SMILES string of the molecule is Cc1oc(-c2cccc(Oc3ccccc3)c2)nc1CCOc1ccc(OC(C)(C)C(=O)O)cc1. The Kier molecular flexibility index (Phi) is 7.06. The minimum Gasteiger partial charge on any atom is -0.493 e. The first-order valence-corrected chi connectivity index (χ1v) is 11.2. The van der Waals surface area contributed by atoms with Crippen molar-refractivity contribution >= 4 is 5.97 Å². The second-order valence-electron chi connectivity index (χ2n) is 8.45. The Bertz CT molecular complexity index is 1280. The van der Waals surface area contributed by atoms with Crippen LogP contribution in [-0.4, -0.2) is 28.3 Å². The fourth-order valence-corrected chi connectivity index (χ4v) is 3.31. The number of aryl methyl sites for hydroxylation is 1. The minimum absolute atomic E-state index is 0.408. The maximum Gasteiger partial charge on any atom is 0.347 e. The van der Waals surface area contributed by atoms with Crippen molar-refractivity contribution in [1.29, 1.82) is 0 Å². The molecule has 0 aliphatic rings. The van der Waals surface area contributed by atoms with Gasteiger partial charge in [0.2, 0.25) is 5.89 Å². The summed E-state index contributed by atoms with van der Waals surface area (Å²) < 4.78 is 23.1. The van der Waals surface area contributed by atoms with Crippen molar-refractivity contribution in [3.05, 3.63) is 90.3 Å². The van der Waals surface area contributed by atoms with Crippen LogP contribution < -0.4 is 14.2 Å². The molecule has 4 aromatic rings. The summed E-state index contributed by atoms with van der Waals surface area (Å²) in [5, 5.41) is 9.18. The van der Waals surface area contributed by atoms with Gasteiger partial charge in [-0.15, -0.1) is 0 Å². The van der Waals surface area contributed by atoms with Crippen molar-refractivity contribution in [2.24, 2.45) is 0 Å². The van der Waals surface area contributed by atoms with Gasteiger partial charge in [0.05, 0.1) is 12.3 Å². The minimum atomic E-state index is -1.31. The van der Waals surface area contributed by atoms with E-state index in [4.69, 9.17) is 18.6 Å². The van der Waals surface area contributed by atoms with E-state index in [0.717, 1.165) is 22.8 Å². The number of hydrogen-bond acceptors (Lipinski definition) is 6. The fourth-order valence-electron chi connectivity index (χ4n) is 3.31. The maximum absolute atomic E-state index is 11.2. The molecule has 0 fully saturated rings. The predicted molar refractivity (Wildman–Crippen MR) is 131 cm³/mol. The number of aliphatic carboxylic acids is 1. The molecule has 0 bridgehead atoms. The molecule has 7 nitrogen and oxygen atoms in total. The van der Waals surface area contributed by atoms with Gasteiger partial charge in [-0.3, -0.25) is 0 Å². The molecule has 0 atom stereocenters. The average Bonchev–Trinajstić information content (AvgIpc) is 3.21. The van der Waals surface area contributed by atoms with E-state index in [-0.39, 0.29) is 0 Å².